The molecule has 1 fully saturated rings. The quantitative estimate of drug-likeness (QED) is 0.700. The minimum Gasteiger partial charge on any atom is -0.466 e. The van der Waals surface area contributed by atoms with E-state index in [2.05, 4.69) is 20.3 Å². The first-order valence-electron chi connectivity index (χ1n) is 10.2. The molecule has 0 bridgehead atoms. The van der Waals surface area contributed by atoms with Gasteiger partial charge in [-0.3, -0.25) is 24.4 Å². The second-order valence-corrected chi connectivity index (χ2v) is 7.52. The Kier molecular flexibility index (Phi) is 5.66. The molecule has 2 aliphatic rings. The molecule has 2 aliphatic heterocycles. The average Bonchev–Trinajstić information content (AvgIpc) is 2.79. The number of aromatic nitrogens is 3. The highest BCUT2D eigenvalue weighted by molar-refractivity contribution is 5.97. The Balaban J connectivity index is 1.65. The van der Waals surface area contributed by atoms with E-state index in [1.165, 1.54) is 0 Å². The lowest BCUT2D eigenvalue weighted by Crippen LogP contribution is -2.41. The van der Waals surface area contributed by atoms with Gasteiger partial charge in [-0.1, -0.05) is 0 Å². The minimum atomic E-state index is -1.05. The van der Waals surface area contributed by atoms with Crippen molar-refractivity contribution in [2.75, 3.05) is 29.9 Å². The van der Waals surface area contributed by atoms with Crippen LogP contribution in [0.1, 0.15) is 36.8 Å². The largest absolute Gasteiger partial charge is 0.466 e. The van der Waals surface area contributed by atoms with Crippen LogP contribution in [0.2, 0.25) is 0 Å². The molecule has 0 aliphatic carbocycles. The van der Waals surface area contributed by atoms with Crippen LogP contribution in [0.3, 0.4) is 0 Å². The Morgan fingerprint density at radius 1 is 1.29 bits per heavy atom. The molecule has 2 aromatic rings. The maximum atomic E-state index is 13.1. The van der Waals surface area contributed by atoms with E-state index >= 15 is 0 Å². The molecular weight excluding hydrogens is 400 g/mol. The third-order valence-corrected chi connectivity index (χ3v) is 5.73. The Hall–Kier alpha value is -3.74. The monoisotopic (exact) mass is 422 g/mol. The SMILES string of the molecule is CCOC(=O)C1CCN(c2nc3c(c(=O)[nH]2)C(c2ccncc2)C(C#N)C(=O)N3)CC1. The zero-order chi connectivity index (χ0) is 22.0. The van der Waals surface area contributed by atoms with Crippen molar-refractivity contribution >= 4 is 23.6 Å². The van der Waals surface area contributed by atoms with Gasteiger partial charge in [0.05, 0.1) is 24.2 Å². The normalized spacial score (nSPS) is 21.0. The first-order chi connectivity index (χ1) is 15.0. The zero-order valence-electron chi connectivity index (χ0n) is 17.0. The molecule has 2 atom stereocenters. The van der Waals surface area contributed by atoms with E-state index in [9.17, 15) is 19.6 Å². The summed E-state index contributed by atoms with van der Waals surface area (Å²) >= 11 is 0. The number of aromatic amines is 1. The number of amides is 1. The predicted molar refractivity (Wildman–Crippen MR) is 110 cm³/mol. The zero-order valence-corrected chi connectivity index (χ0v) is 17.0. The standard InChI is InChI=1S/C21H22N6O4/c1-2-31-20(30)13-5-9-27(10-6-13)21-25-17-16(19(29)26-21)15(12-3-7-23-8-4-12)14(11-22)18(28)24-17/h3-4,7-8,13-15H,2,5-6,9-10H2,1H3,(H2,24,25,26,28,29). The lowest BCUT2D eigenvalue weighted by Gasteiger charge is -2.33. The molecule has 0 aromatic carbocycles. The van der Waals surface area contributed by atoms with Crippen LogP contribution in [0.15, 0.2) is 29.3 Å². The molecule has 2 unspecified atom stereocenters. The van der Waals surface area contributed by atoms with Crippen molar-refractivity contribution in [1.29, 1.82) is 5.26 Å². The van der Waals surface area contributed by atoms with Crippen molar-refractivity contribution in [1.82, 2.24) is 15.0 Å². The summed E-state index contributed by atoms with van der Waals surface area (Å²) in [4.78, 5) is 50.8. The number of nitrogens with zero attached hydrogens (tertiary/aromatic N) is 4. The number of carbonyl (C=O) groups is 2. The lowest BCUT2D eigenvalue weighted by molar-refractivity contribution is -0.148. The maximum absolute atomic E-state index is 13.1. The van der Waals surface area contributed by atoms with Crippen molar-refractivity contribution in [2.24, 2.45) is 11.8 Å². The number of esters is 1. The Bertz CT molecular complexity index is 1090. The second kappa shape index (κ2) is 8.55. The van der Waals surface area contributed by atoms with Crippen LogP contribution in [0.4, 0.5) is 11.8 Å². The van der Waals surface area contributed by atoms with Gasteiger partial charge >= 0.3 is 5.97 Å². The van der Waals surface area contributed by atoms with Gasteiger partial charge in [-0.2, -0.15) is 10.2 Å². The topological polar surface area (TPSA) is 141 Å². The Morgan fingerprint density at radius 2 is 2.00 bits per heavy atom. The van der Waals surface area contributed by atoms with Crippen LogP contribution in [0.25, 0.3) is 0 Å². The number of nitriles is 1. The van der Waals surface area contributed by atoms with Crippen LogP contribution < -0.4 is 15.8 Å². The molecule has 4 heterocycles. The Morgan fingerprint density at radius 3 is 2.65 bits per heavy atom. The number of pyridine rings is 1. The summed E-state index contributed by atoms with van der Waals surface area (Å²) < 4.78 is 5.09. The number of piperidine rings is 1. The van der Waals surface area contributed by atoms with Gasteiger partial charge in [0.15, 0.2) is 0 Å². The molecular formula is C21H22N6O4. The Labute approximate surface area is 178 Å². The van der Waals surface area contributed by atoms with E-state index in [0.717, 1.165) is 0 Å². The number of ether oxygens (including phenoxy) is 1. The fourth-order valence-corrected chi connectivity index (χ4v) is 4.17. The van der Waals surface area contributed by atoms with E-state index < -0.39 is 23.3 Å². The molecule has 1 saturated heterocycles. The number of hydrogen-bond acceptors (Lipinski definition) is 8. The lowest BCUT2D eigenvalue weighted by atomic mass is 9.79. The molecule has 10 nitrogen and oxygen atoms in total. The number of carbonyl (C=O) groups excluding carboxylic acids is 2. The smallest absolute Gasteiger partial charge is 0.309 e. The van der Waals surface area contributed by atoms with Gasteiger partial charge in [0.2, 0.25) is 11.9 Å². The van der Waals surface area contributed by atoms with Crippen LogP contribution in [0.5, 0.6) is 0 Å². The van der Waals surface area contributed by atoms with Gasteiger partial charge in [0, 0.05) is 31.4 Å². The molecule has 0 spiro atoms. The summed E-state index contributed by atoms with van der Waals surface area (Å²) in [6.07, 6.45) is 4.28. The third-order valence-electron chi connectivity index (χ3n) is 5.73. The van der Waals surface area contributed by atoms with Gasteiger partial charge in [-0.25, -0.2) is 0 Å². The molecule has 0 saturated carbocycles. The molecule has 10 heteroatoms. The third kappa shape index (κ3) is 3.86. The van der Waals surface area contributed by atoms with Gasteiger partial charge in [0.1, 0.15) is 11.7 Å². The summed E-state index contributed by atoms with van der Waals surface area (Å²) in [6.45, 7) is 3.17. The molecule has 31 heavy (non-hydrogen) atoms. The predicted octanol–water partition coefficient (Wildman–Crippen LogP) is 1.17. The fraction of sp³-hybridized carbons (Fsp3) is 0.429. The summed E-state index contributed by atoms with van der Waals surface area (Å²) in [5, 5.41) is 12.2. The van der Waals surface area contributed by atoms with Crippen LogP contribution in [-0.2, 0) is 14.3 Å². The molecule has 160 valence electrons. The number of nitrogens with one attached hydrogen (secondary N) is 2. The molecule has 0 radical (unpaired) electrons. The highest BCUT2D eigenvalue weighted by Crippen LogP contribution is 2.38. The summed E-state index contributed by atoms with van der Waals surface area (Å²) in [5.74, 6) is -2.18. The molecule has 4 rings (SSSR count). The number of fused-ring (bicyclic) bond motifs is 1. The minimum absolute atomic E-state index is 0.157. The van der Waals surface area contributed by atoms with Crippen molar-refractivity contribution < 1.29 is 14.3 Å². The first-order valence-corrected chi connectivity index (χ1v) is 10.2. The van der Waals surface area contributed by atoms with E-state index in [0.29, 0.717) is 44.0 Å². The van der Waals surface area contributed by atoms with E-state index in [-0.39, 0.29) is 23.3 Å². The number of hydrogen-bond donors (Lipinski definition) is 2. The van der Waals surface area contributed by atoms with Gasteiger partial charge < -0.3 is 15.0 Å². The molecule has 1 amide bonds. The van der Waals surface area contributed by atoms with Gasteiger partial charge in [-0.05, 0) is 37.5 Å². The number of rotatable bonds is 4. The second-order valence-electron chi connectivity index (χ2n) is 7.52. The van der Waals surface area contributed by atoms with Crippen molar-refractivity contribution in [3.05, 3.63) is 46.0 Å². The van der Waals surface area contributed by atoms with Gasteiger partial charge in [-0.15, -0.1) is 0 Å². The first kappa shape index (κ1) is 20.5. The van der Waals surface area contributed by atoms with E-state index in [1.54, 1.807) is 31.5 Å². The van der Waals surface area contributed by atoms with Gasteiger partial charge in [0.25, 0.3) is 5.56 Å². The van der Waals surface area contributed by atoms with Crippen LogP contribution in [-0.4, -0.2) is 46.5 Å². The van der Waals surface area contributed by atoms with Crippen LogP contribution in [0, 0.1) is 23.2 Å². The van der Waals surface area contributed by atoms with E-state index in [4.69, 9.17) is 4.74 Å². The van der Waals surface area contributed by atoms with Crippen molar-refractivity contribution in [2.45, 2.75) is 25.7 Å². The summed E-state index contributed by atoms with van der Waals surface area (Å²) in [6, 6.07) is 5.38. The van der Waals surface area contributed by atoms with Crippen LogP contribution >= 0.6 is 0 Å². The highest BCUT2D eigenvalue weighted by atomic mass is 16.5. The molecule has 2 N–H and O–H groups in total. The summed E-state index contributed by atoms with van der Waals surface area (Å²) in [7, 11) is 0. The average molecular weight is 422 g/mol. The van der Waals surface area contributed by atoms with Crippen molar-refractivity contribution in [3.63, 3.8) is 0 Å². The highest BCUT2D eigenvalue weighted by Gasteiger charge is 2.40. The summed E-state index contributed by atoms with van der Waals surface area (Å²) in [5.41, 5.74) is 0.491. The number of H-pyrrole nitrogens is 1. The fourth-order valence-electron chi connectivity index (χ4n) is 4.17. The van der Waals surface area contributed by atoms with Crippen molar-refractivity contribution in [3.8, 4) is 6.07 Å². The number of anilines is 2. The molecule has 2 aromatic heterocycles. The van der Waals surface area contributed by atoms with E-state index in [1.807, 2.05) is 11.0 Å². The maximum Gasteiger partial charge on any atom is 0.309 e.